The molecule has 0 atom stereocenters. The number of rotatable bonds is 2. The van der Waals surface area contributed by atoms with E-state index in [-0.39, 0.29) is 11.5 Å². The minimum Gasteiger partial charge on any atom is -0.477 e. The second-order valence-corrected chi connectivity index (χ2v) is 4.86. The molecule has 1 aromatic carbocycles. The Balaban J connectivity index is 2.22. The second-order valence-electron chi connectivity index (χ2n) is 3.98. The molecule has 2 heterocycles. The summed E-state index contributed by atoms with van der Waals surface area (Å²) in [7, 11) is 0. The first-order chi connectivity index (χ1) is 9.16. The Kier molecular flexibility index (Phi) is 2.76. The van der Waals surface area contributed by atoms with Gasteiger partial charge in [-0.15, -0.1) is 11.3 Å². The van der Waals surface area contributed by atoms with Crippen LogP contribution in [0.4, 0.5) is 4.39 Å². The van der Waals surface area contributed by atoms with Gasteiger partial charge in [0.1, 0.15) is 11.5 Å². The number of carbonyl (C=O) groups is 1. The number of carboxylic acid groups (broad SMARTS) is 1. The molecule has 19 heavy (non-hydrogen) atoms. The summed E-state index contributed by atoms with van der Waals surface area (Å²) in [4.78, 5) is 15.0. The maximum Gasteiger partial charge on any atom is 0.354 e. The summed E-state index contributed by atoms with van der Waals surface area (Å²) < 4.78 is 14.2. The Morgan fingerprint density at radius 1 is 1.21 bits per heavy atom. The van der Waals surface area contributed by atoms with Crippen molar-refractivity contribution in [3.05, 3.63) is 53.3 Å². The minimum absolute atomic E-state index is 0.0201. The Labute approximate surface area is 112 Å². The van der Waals surface area contributed by atoms with Crippen molar-refractivity contribution in [3.63, 3.8) is 0 Å². The molecule has 0 aliphatic carbocycles. The van der Waals surface area contributed by atoms with Crippen molar-refractivity contribution in [1.29, 1.82) is 0 Å². The molecule has 0 spiro atoms. The smallest absolute Gasteiger partial charge is 0.354 e. The fourth-order valence-electron chi connectivity index (χ4n) is 1.92. The number of hydrogen-bond acceptors (Lipinski definition) is 3. The minimum atomic E-state index is -1.08. The molecule has 94 valence electrons. The van der Waals surface area contributed by atoms with Crippen molar-refractivity contribution in [2.75, 3.05) is 0 Å². The summed E-state index contributed by atoms with van der Waals surface area (Å²) in [6.07, 6.45) is 0. The third-order valence-corrected chi connectivity index (χ3v) is 3.80. The Morgan fingerprint density at radius 2 is 2.00 bits per heavy atom. The molecule has 3 nitrogen and oxygen atoms in total. The van der Waals surface area contributed by atoms with Crippen LogP contribution in [-0.4, -0.2) is 16.1 Å². The van der Waals surface area contributed by atoms with Gasteiger partial charge in [-0.05, 0) is 18.2 Å². The SMILES string of the molecule is O=C(O)c1cccc(-c2csc3c(F)cccc23)n1. The normalized spacial score (nSPS) is 10.8. The summed E-state index contributed by atoms with van der Waals surface area (Å²) >= 11 is 1.29. The zero-order chi connectivity index (χ0) is 13.4. The number of aromatic nitrogens is 1. The van der Waals surface area contributed by atoms with Crippen LogP contribution in [0.2, 0.25) is 0 Å². The lowest BCUT2D eigenvalue weighted by Gasteiger charge is -2.01. The first-order valence-corrected chi connectivity index (χ1v) is 6.41. The molecule has 0 unspecified atom stereocenters. The van der Waals surface area contributed by atoms with E-state index < -0.39 is 5.97 Å². The predicted molar refractivity (Wildman–Crippen MR) is 72.0 cm³/mol. The number of carboxylic acids is 1. The Hall–Kier alpha value is -2.27. The van der Waals surface area contributed by atoms with Gasteiger partial charge >= 0.3 is 5.97 Å². The van der Waals surface area contributed by atoms with Gasteiger partial charge in [0.05, 0.1) is 10.4 Å². The van der Waals surface area contributed by atoms with E-state index in [4.69, 9.17) is 5.11 Å². The predicted octanol–water partition coefficient (Wildman–Crippen LogP) is 3.80. The molecule has 1 N–H and O–H groups in total. The quantitative estimate of drug-likeness (QED) is 0.772. The highest BCUT2D eigenvalue weighted by Gasteiger charge is 2.12. The molecule has 0 aliphatic rings. The van der Waals surface area contributed by atoms with E-state index in [2.05, 4.69) is 4.98 Å². The average molecular weight is 273 g/mol. The maximum atomic E-state index is 13.6. The molecule has 5 heteroatoms. The van der Waals surface area contributed by atoms with E-state index in [1.54, 1.807) is 29.6 Å². The van der Waals surface area contributed by atoms with Crippen LogP contribution in [0.3, 0.4) is 0 Å². The van der Waals surface area contributed by atoms with Gasteiger partial charge in [-0.3, -0.25) is 0 Å². The maximum absolute atomic E-state index is 13.6. The lowest BCUT2D eigenvalue weighted by Crippen LogP contribution is -2.00. The van der Waals surface area contributed by atoms with Crippen LogP contribution >= 0.6 is 11.3 Å². The summed E-state index contributed by atoms with van der Waals surface area (Å²) in [6, 6.07) is 9.63. The van der Waals surface area contributed by atoms with E-state index >= 15 is 0 Å². The number of hydrogen-bond donors (Lipinski definition) is 1. The zero-order valence-corrected chi connectivity index (χ0v) is 10.4. The summed E-state index contributed by atoms with van der Waals surface area (Å²) in [5.74, 6) is -1.35. The third kappa shape index (κ3) is 1.98. The number of benzene rings is 1. The molecular weight excluding hydrogens is 265 g/mol. The van der Waals surface area contributed by atoms with Crippen molar-refractivity contribution in [3.8, 4) is 11.3 Å². The highest BCUT2D eigenvalue weighted by atomic mass is 32.1. The number of thiophene rings is 1. The van der Waals surface area contributed by atoms with E-state index in [9.17, 15) is 9.18 Å². The number of pyridine rings is 1. The van der Waals surface area contributed by atoms with Gasteiger partial charge in [0.2, 0.25) is 0 Å². The molecule has 0 bridgehead atoms. The number of aromatic carboxylic acids is 1. The van der Waals surface area contributed by atoms with Crippen LogP contribution in [-0.2, 0) is 0 Å². The molecule has 0 saturated heterocycles. The van der Waals surface area contributed by atoms with Crippen molar-refractivity contribution in [1.82, 2.24) is 4.98 Å². The van der Waals surface area contributed by atoms with Crippen LogP contribution in [0, 0.1) is 5.82 Å². The molecule has 3 aromatic rings. The molecule has 2 aromatic heterocycles. The fraction of sp³-hybridized carbons (Fsp3) is 0. The lowest BCUT2D eigenvalue weighted by atomic mass is 10.1. The van der Waals surface area contributed by atoms with E-state index in [0.717, 1.165) is 10.9 Å². The van der Waals surface area contributed by atoms with Crippen molar-refractivity contribution in [2.24, 2.45) is 0 Å². The molecule has 0 radical (unpaired) electrons. The van der Waals surface area contributed by atoms with Crippen molar-refractivity contribution in [2.45, 2.75) is 0 Å². The summed E-state index contributed by atoms with van der Waals surface area (Å²) in [5.41, 5.74) is 1.27. The first kappa shape index (κ1) is 11.8. The standard InChI is InChI=1S/C14H8FNO2S/c15-10-4-1-3-8-9(7-19-13(8)10)11-5-2-6-12(16-11)14(17)18/h1-7H,(H,17,18). The summed E-state index contributed by atoms with van der Waals surface area (Å²) in [5, 5.41) is 11.5. The van der Waals surface area contributed by atoms with Gasteiger partial charge in [0, 0.05) is 16.3 Å². The first-order valence-electron chi connectivity index (χ1n) is 5.53. The van der Waals surface area contributed by atoms with Crippen LogP contribution in [0.25, 0.3) is 21.3 Å². The van der Waals surface area contributed by atoms with E-state index in [1.807, 2.05) is 0 Å². The highest BCUT2D eigenvalue weighted by Crippen LogP contribution is 2.34. The molecular formula is C14H8FNO2S. The number of nitrogens with zero attached hydrogens (tertiary/aromatic N) is 1. The van der Waals surface area contributed by atoms with Crippen LogP contribution in [0.5, 0.6) is 0 Å². The summed E-state index contributed by atoms with van der Waals surface area (Å²) in [6.45, 7) is 0. The number of fused-ring (bicyclic) bond motifs is 1. The van der Waals surface area contributed by atoms with Crippen LogP contribution in [0.1, 0.15) is 10.5 Å². The monoisotopic (exact) mass is 273 g/mol. The van der Waals surface area contributed by atoms with Gasteiger partial charge in [-0.25, -0.2) is 14.2 Å². The fourth-order valence-corrected chi connectivity index (χ4v) is 2.89. The van der Waals surface area contributed by atoms with Gasteiger partial charge in [0.25, 0.3) is 0 Å². The van der Waals surface area contributed by atoms with Gasteiger partial charge in [-0.1, -0.05) is 18.2 Å². The van der Waals surface area contributed by atoms with Crippen molar-refractivity contribution < 1.29 is 14.3 Å². The third-order valence-electron chi connectivity index (χ3n) is 2.80. The topological polar surface area (TPSA) is 50.2 Å². The highest BCUT2D eigenvalue weighted by molar-refractivity contribution is 7.17. The number of halogens is 1. The Morgan fingerprint density at radius 3 is 2.79 bits per heavy atom. The molecule has 0 amide bonds. The van der Waals surface area contributed by atoms with E-state index in [0.29, 0.717) is 10.4 Å². The average Bonchev–Trinajstić information content (AvgIpc) is 2.84. The molecule has 0 fully saturated rings. The van der Waals surface area contributed by atoms with Gasteiger partial charge < -0.3 is 5.11 Å². The van der Waals surface area contributed by atoms with E-state index in [1.165, 1.54) is 23.5 Å². The van der Waals surface area contributed by atoms with Crippen molar-refractivity contribution >= 4 is 27.4 Å². The van der Waals surface area contributed by atoms with Gasteiger partial charge in [0.15, 0.2) is 0 Å². The molecule has 0 aliphatic heterocycles. The molecule has 0 saturated carbocycles. The second kappa shape index (κ2) is 4.44. The Bertz CT molecular complexity index is 782. The van der Waals surface area contributed by atoms with Crippen LogP contribution in [0.15, 0.2) is 41.8 Å². The van der Waals surface area contributed by atoms with Gasteiger partial charge in [-0.2, -0.15) is 0 Å². The zero-order valence-electron chi connectivity index (χ0n) is 9.63. The largest absolute Gasteiger partial charge is 0.477 e. The lowest BCUT2D eigenvalue weighted by molar-refractivity contribution is 0.0690. The molecule has 3 rings (SSSR count). The van der Waals surface area contributed by atoms with Crippen LogP contribution < -0.4 is 0 Å².